The number of hydrogen-bond donors (Lipinski definition) is 2. The van der Waals surface area contributed by atoms with Crippen LogP contribution in [0.25, 0.3) is 10.8 Å². The van der Waals surface area contributed by atoms with E-state index in [0.29, 0.717) is 11.8 Å². The summed E-state index contributed by atoms with van der Waals surface area (Å²) in [5.41, 5.74) is -2.17. The van der Waals surface area contributed by atoms with Crippen LogP contribution in [-0.4, -0.2) is 44.0 Å². The summed E-state index contributed by atoms with van der Waals surface area (Å²) in [4.78, 5) is -2.13. The van der Waals surface area contributed by atoms with Crippen LogP contribution in [0.5, 0.6) is 0 Å². The van der Waals surface area contributed by atoms with Crippen LogP contribution in [0.2, 0.25) is 0 Å². The zero-order chi connectivity index (χ0) is 30.5. The van der Waals surface area contributed by atoms with Crippen LogP contribution < -0.4 is 94.0 Å². The van der Waals surface area contributed by atoms with Crippen molar-refractivity contribution in [2.75, 3.05) is 5.32 Å². The predicted octanol–water partition coefficient (Wildman–Crippen LogP) is -5.68. The van der Waals surface area contributed by atoms with Crippen molar-refractivity contribution >= 4 is 58.2 Å². The second-order valence-electron chi connectivity index (χ2n) is 9.20. The molecule has 4 aromatic rings. The minimum absolute atomic E-state index is 0. The van der Waals surface area contributed by atoms with E-state index >= 15 is 0 Å². The van der Waals surface area contributed by atoms with E-state index in [4.69, 9.17) is 0 Å². The summed E-state index contributed by atoms with van der Waals surface area (Å²) in [5, 5.41) is 22.4. The zero-order valence-corrected chi connectivity index (χ0v) is 32.5. The summed E-state index contributed by atoms with van der Waals surface area (Å²) in [7, 11) is -15.1. The average molecular weight is 698 g/mol. The van der Waals surface area contributed by atoms with E-state index in [1.54, 1.807) is 30.3 Å². The van der Waals surface area contributed by atoms with Crippen LogP contribution in [0.3, 0.4) is 0 Å². The van der Waals surface area contributed by atoms with Crippen LogP contribution in [0, 0.1) is 0 Å². The van der Waals surface area contributed by atoms with Gasteiger partial charge in [-0.1, -0.05) is 36.4 Å². The van der Waals surface area contributed by atoms with Crippen LogP contribution in [0.15, 0.2) is 110 Å². The molecule has 0 aromatic heterocycles. The normalized spacial score (nSPS) is 16.5. The van der Waals surface area contributed by atoms with Gasteiger partial charge in [-0.2, -0.15) is 5.11 Å². The molecule has 0 radical (unpaired) electrons. The monoisotopic (exact) mass is 697 g/mol. The Balaban J connectivity index is 0.00000235. The molecular formula is C26H18N3Na3O10S3. The molecule has 0 fully saturated rings. The van der Waals surface area contributed by atoms with Gasteiger partial charge >= 0.3 is 88.7 Å². The van der Waals surface area contributed by atoms with E-state index in [1.807, 2.05) is 0 Å². The first kappa shape index (κ1) is 40.1. The Kier molecular flexibility index (Phi) is 13.4. The van der Waals surface area contributed by atoms with Crippen molar-refractivity contribution in [1.82, 2.24) is 0 Å². The maximum atomic E-state index is 12.1. The summed E-state index contributed by atoms with van der Waals surface area (Å²) in [6.07, 6.45) is 0.0312. The Bertz CT molecular complexity index is 2150. The van der Waals surface area contributed by atoms with Crippen molar-refractivity contribution < 1.29 is 133 Å². The van der Waals surface area contributed by atoms with Gasteiger partial charge in [0.25, 0.3) is 0 Å². The number of nitrogens with one attached hydrogen (secondary N) is 1. The minimum atomic E-state index is -5.15. The number of allylic oxidation sites excluding steroid dienone is 1. The second-order valence-corrected chi connectivity index (χ2v) is 13.4. The topological polar surface area (TPSA) is 229 Å². The number of hydrogen-bond acceptors (Lipinski definition) is 13. The maximum Gasteiger partial charge on any atom is 1.00 e. The quantitative estimate of drug-likeness (QED) is 0.105. The summed E-state index contributed by atoms with van der Waals surface area (Å²) in [6, 6.07) is 18.1. The summed E-state index contributed by atoms with van der Waals surface area (Å²) in [6.45, 7) is 0. The molecule has 45 heavy (non-hydrogen) atoms. The number of azo groups is 1. The molecule has 1 aliphatic rings. The molecule has 0 bridgehead atoms. The Labute approximate surface area is 325 Å². The Morgan fingerprint density at radius 3 is 2.02 bits per heavy atom. The average Bonchev–Trinajstić information content (AvgIpc) is 2.91. The predicted molar refractivity (Wildman–Crippen MR) is 146 cm³/mol. The first-order chi connectivity index (χ1) is 19.6. The van der Waals surface area contributed by atoms with Crippen LogP contribution in [0.4, 0.5) is 17.1 Å². The van der Waals surface area contributed by atoms with Gasteiger partial charge in [0, 0.05) is 39.0 Å². The molecule has 19 heteroatoms. The van der Waals surface area contributed by atoms with Gasteiger partial charge < -0.3 is 24.1 Å². The fourth-order valence-electron chi connectivity index (χ4n) is 4.58. The Hall–Kier alpha value is -1.03. The molecule has 0 saturated heterocycles. The molecule has 5 rings (SSSR count). The molecule has 0 aliphatic heterocycles. The molecule has 0 spiro atoms. The van der Waals surface area contributed by atoms with E-state index in [0.717, 1.165) is 24.3 Å². The summed E-state index contributed by atoms with van der Waals surface area (Å²) in [5.74, 6) is 0. The summed E-state index contributed by atoms with van der Waals surface area (Å²) < 4.78 is 107. The number of rotatable bonds is 7. The standard InChI is InChI=1S/C26H21N3O10S3.3Na/c30-26(15-19(41(34,35)36)14-16-13-18(40(31,32)33)9-10-21(16)26)29-28-22-11-12-23(27-17-5-2-1-3-6-17)25-20(22)7-4-8-24(25)42(37,38)39;;;/h1-13,15,27,30H,14H2,(H,31,32,33)(H,34,35,36)(H,37,38,39);;;/q;3*+1/p-3. The van der Waals surface area contributed by atoms with E-state index in [2.05, 4.69) is 15.5 Å². The third-order valence-electron chi connectivity index (χ3n) is 6.42. The molecule has 218 valence electrons. The van der Waals surface area contributed by atoms with Crippen molar-refractivity contribution in [3.63, 3.8) is 0 Å². The minimum Gasteiger partial charge on any atom is -0.744 e. The largest absolute Gasteiger partial charge is 1.00 e. The number of anilines is 2. The molecule has 0 saturated carbocycles. The molecule has 2 N–H and O–H groups in total. The maximum absolute atomic E-state index is 12.1. The van der Waals surface area contributed by atoms with E-state index in [1.165, 1.54) is 24.3 Å². The van der Waals surface area contributed by atoms with Crippen LogP contribution in [-0.2, 0) is 42.5 Å². The van der Waals surface area contributed by atoms with Crippen LogP contribution in [0.1, 0.15) is 11.1 Å². The van der Waals surface area contributed by atoms with Crippen LogP contribution >= 0.6 is 0 Å². The number of nitrogens with zero attached hydrogens (tertiary/aromatic N) is 2. The van der Waals surface area contributed by atoms with Crippen molar-refractivity contribution in [3.8, 4) is 0 Å². The van der Waals surface area contributed by atoms with Gasteiger partial charge in [-0.15, -0.1) is 5.11 Å². The number of para-hydroxylation sites is 1. The molecule has 0 heterocycles. The first-order valence-corrected chi connectivity index (χ1v) is 16.0. The van der Waals surface area contributed by atoms with Crippen molar-refractivity contribution in [2.45, 2.75) is 21.9 Å². The van der Waals surface area contributed by atoms with Gasteiger partial charge in [0.05, 0.1) is 15.5 Å². The second kappa shape index (κ2) is 15.0. The molecule has 1 unspecified atom stereocenters. The molecular weight excluding hydrogens is 679 g/mol. The SMILES string of the molecule is O=S(=O)([O-])C1=CC(O)(N=Nc2ccc(Nc3ccccc3)c3c(S(=O)(=O)[O-])cccc23)c2ccc(S(=O)(=O)[O-])cc2C1.[Na+].[Na+].[Na+]. The molecule has 4 aromatic carbocycles. The number of fused-ring (bicyclic) bond motifs is 2. The fraction of sp³-hybridized carbons (Fsp3) is 0.0769. The van der Waals surface area contributed by atoms with E-state index in [9.17, 15) is 44.0 Å². The van der Waals surface area contributed by atoms with Gasteiger partial charge in [0.2, 0.25) is 5.72 Å². The van der Waals surface area contributed by atoms with Crippen molar-refractivity contribution in [3.05, 3.63) is 101 Å². The van der Waals surface area contributed by atoms with E-state index < -0.39 is 57.2 Å². The van der Waals surface area contributed by atoms with Gasteiger partial charge in [0.1, 0.15) is 30.4 Å². The van der Waals surface area contributed by atoms with Gasteiger partial charge in [-0.05, 0) is 54.1 Å². The van der Waals surface area contributed by atoms with E-state index in [-0.39, 0.29) is 122 Å². The van der Waals surface area contributed by atoms with Gasteiger partial charge in [-0.3, -0.25) is 0 Å². The third-order valence-corrected chi connectivity index (χ3v) is 9.04. The molecule has 1 atom stereocenters. The molecule has 0 amide bonds. The smallest absolute Gasteiger partial charge is 0.744 e. The number of aliphatic hydroxyl groups is 1. The Morgan fingerprint density at radius 2 is 1.42 bits per heavy atom. The van der Waals surface area contributed by atoms with Gasteiger partial charge in [0.15, 0.2) is 0 Å². The van der Waals surface area contributed by atoms with Gasteiger partial charge in [-0.25, -0.2) is 25.3 Å². The molecule has 13 nitrogen and oxygen atoms in total. The third kappa shape index (κ3) is 8.91. The Morgan fingerprint density at radius 1 is 0.756 bits per heavy atom. The fourth-order valence-corrected chi connectivity index (χ4v) is 6.46. The van der Waals surface area contributed by atoms with Crippen molar-refractivity contribution in [1.29, 1.82) is 0 Å². The number of benzene rings is 4. The molecule has 1 aliphatic carbocycles. The first-order valence-electron chi connectivity index (χ1n) is 11.8. The van der Waals surface area contributed by atoms with Crippen molar-refractivity contribution in [2.24, 2.45) is 10.2 Å². The summed E-state index contributed by atoms with van der Waals surface area (Å²) >= 11 is 0. The zero-order valence-electron chi connectivity index (χ0n) is 24.0.